The van der Waals surface area contributed by atoms with Crippen molar-refractivity contribution in [2.45, 2.75) is 6.92 Å². The SMILES string of the molecule is Cc1cccc(OC(=O)N2CCNCC2)c1. The molecule has 2 rings (SSSR count). The Balaban J connectivity index is 1.96. The highest BCUT2D eigenvalue weighted by molar-refractivity contribution is 5.70. The molecule has 0 spiro atoms. The molecule has 0 unspecified atom stereocenters. The summed E-state index contributed by atoms with van der Waals surface area (Å²) in [5.74, 6) is 0.614. The average molecular weight is 220 g/mol. The molecule has 16 heavy (non-hydrogen) atoms. The molecule has 0 saturated carbocycles. The second-order valence-electron chi connectivity index (χ2n) is 3.92. The molecule has 1 aromatic carbocycles. The van der Waals surface area contributed by atoms with E-state index in [1.807, 2.05) is 25.1 Å². The van der Waals surface area contributed by atoms with Crippen LogP contribution in [0.4, 0.5) is 4.79 Å². The van der Waals surface area contributed by atoms with E-state index < -0.39 is 0 Å². The van der Waals surface area contributed by atoms with E-state index in [4.69, 9.17) is 4.74 Å². The molecule has 86 valence electrons. The van der Waals surface area contributed by atoms with Crippen LogP contribution in [0.25, 0.3) is 0 Å². The van der Waals surface area contributed by atoms with Crippen LogP contribution in [0.2, 0.25) is 0 Å². The smallest absolute Gasteiger partial charge is 0.410 e. The van der Waals surface area contributed by atoms with Crippen LogP contribution in [0.1, 0.15) is 5.56 Å². The van der Waals surface area contributed by atoms with Crippen molar-refractivity contribution < 1.29 is 9.53 Å². The van der Waals surface area contributed by atoms with Crippen molar-refractivity contribution in [3.05, 3.63) is 29.8 Å². The average Bonchev–Trinajstić information content (AvgIpc) is 2.30. The summed E-state index contributed by atoms with van der Waals surface area (Å²) in [6.45, 7) is 5.07. The number of hydrogen-bond donors (Lipinski definition) is 1. The van der Waals surface area contributed by atoms with Gasteiger partial charge in [0.15, 0.2) is 0 Å². The van der Waals surface area contributed by atoms with Crippen molar-refractivity contribution in [3.8, 4) is 5.75 Å². The molecule has 4 nitrogen and oxygen atoms in total. The molecule has 1 N–H and O–H groups in total. The predicted octanol–water partition coefficient (Wildman–Crippen LogP) is 1.40. The Morgan fingerprint density at radius 1 is 1.38 bits per heavy atom. The first-order valence-electron chi connectivity index (χ1n) is 5.50. The Morgan fingerprint density at radius 3 is 2.81 bits per heavy atom. The molecule has 0 bridgehead atoms. The van der Waals surface area contributed by atoms with Gasteiger partial charge >= 0.3 is 6.09 Å². The first-order chi connectivity index (χ1) is 7.75. The van der Waals surface area contributed by atoms with Gasteiger partial charge in [-0.05, 0) is 24.6 Å². The van der Waals surface area contributed by atoms with Crippen LogP contribution < -0.4 is 10.1 Å². The molecule has 0 atom stereocenters. The molecule has 4 heteroatoms. The summed E-state index contributed by atoms with van der Waals surface area (Å²) in [5, 5.41) is 3.19. The lowest BCUT2D eigenvalue weighted by Crippen LogP contribution is -2.47. The molecule has 1 fully saturated rings. The van der Waals surface area contributed by atoms with E-state index in [0.29, 0.717) is 18.8 Å². The van der Waals surface area contributed by atoms with Crippen LogP contribution in [0.3, 0.4) is 0 Å². The van der Waals surface area contributed by atoms with Gasteiger partial charge in [-0.25, -0.2) is 4.79 Å². The maximum atomic E-state index is 11.8. The van der Waals surface area contributed by atoms with Crippen molar-refractivity contribution in [1.29, 1.82) is 0 Å². The monoisotopic (exact) mass is 220 g/mol. The van der Waals surface area contributed by atoms with Gasteiger partial charge in [-0.3, -0.25) is 0 Å². The largest absolute Gasteiger partial charge is 0.415 e. The van der Waals surface area contributed by atoms with Crippen LogP contribution >= 0.6 is 0 Å². The van der Waals surface area contributed by atoms with Gasteiger partial charge in [-0.2, -0.15) is 0 Å². The van der Waals surface area contributed by atoms with E-state index in [1.54, 1.807) is 11.0 Å². The number of amides is 1. The zero-order valence-electron chi connectivity index (χ0n) is 9.40. The first-order valence-corrected chi connectivity index (χ1v) is 5.50. The van der Waals surface area contributed by atoms with E-state index in [1.165, 1.54) is 0 Å². The summed E-state index contributed by atoms with van der Waals surface area (Å²) in [5.41, 5.74) is 1.09. The fraction of sp³-hybridized carbons (Fsp3) is 0.417. The summed E-state index contributed by atoms with van der Waals surface area (Å²) in [4.78, 5) is 13.5. The van der Waals surface area contributed by atoms with Gasteiger partial charge in [0.25, 0.3) is 0 Å². The lowest BCUT2D eigenvalue weighted by Gasteiger charge is -2.26. The highest BCUT2D eigenvalue weighted by atomic mass is 16.6. The number of rotatable bonds is 1. The molecule has 1 heterocycles. The minimum Gasteiger partial charge on any atom is -0.410 e. The maximum absolute atomic E-state index is 11.8. The number of ether oxygens (including phenoxy) is 1. The third-order valence-corrected chi connectivity index (χ3v) is 2.57. The minimum atomic E-state index is -0.257. The number of aryl methyl sites for hydroxylation is 1. The number of nitrogens with one attached hydrogen (secondary N) is 1. The quantitative estimate of drug-likeness (QED) is 0.777. The summed E-state index contributed by atoms with van der Waals surface area (Å²) >= 11 is 0. The van der Waals surface area contributed by atoms with E-state index in [2.05, 4.69) is 5.32 Å². The zero-order chi connectivity index (χ0) is 11.4. The molecule has 1 aliphatic heterocycles. The van der Waals surface area contributed by atoms with E-state index in [-0.39, 0.29) is 6.09 Å². The summed E-state index contributed by atoms with van der Waals surface area (Å²) in [7, 11) is 0. The second-order valence-corrected chi connectivity index (χ2v) is 3.92. The second kappa shape index (κ2) is 4.99. The van der Waals surface area contributed by atoms with Gasteiger partial charge in [-0.1, -0.05) is 12.1 Å². The Bertz CT molecular complexity index is 373. The number of carbonyl (C=O) groups excluding carboxylic acids is 1. The highest BCUT2D eigenvalue weighted by Crippen LogP contribution is 2.13. The number of hydrogen-bond acceptors (Lipinski definition) is 3. The van der Waals surface area contributed by atoms with Gasteiger partial charge in [0.1, 0.15) is 5.75 Å². The molecular weight excluding hydrogens is 204 g/mol. The van der Waals surface area contributed by atoms with Crippen molar-refractivity contribution in [2.75, 3.05) is 26.2 Å². The summed E-state index contributed by atoms with van der Waals surface area (Å²) < 4.78 is 5.29. The third-order valence-electron chi connectivity index (χ3n) is 2.57. The molecule has 0 aliphatic carbocycles. The number of nitrogens with zero attached hydrogens (tertiary/aromatic N) is 1. The Kier molecular flexibility index (Phi) is 3.41. The van der Waals surface area contributed by atoms with Gasteiger partial charge in [0.2, 0.25) is 0 Å². The van der Waals surface area contributed by atoms with Crippen LogP contribution in [-0.2, 0) is 0 Å². The molecule has 1 saturated heterocycles. The Hall–Kier alpha value is -1.55. The predicted molar refractivity (Wildman–Crippen MR) is 61.6 cm³/mol. The molecule has 1 amide bonds. The van der Waals surface area contributed by atoms with Crippen LogP contribution in [0.15, 0.2) is 24.3 Å². The van der Waals surface area contributed by atoms with E-state index in [0.717, 1.165) is 18.7 Å². The lowest BCUT2D eigenvalue weighted by atomic mass is 10.2. The van der Waals surface area contributed by atoms with Crippen LogP contribution in [0.5, 0.6) is 5.75 Å². The molecule has 1 aromatic rings. The van der Waals surface area contributed by atoms with Crippen molar-refractivity contribution in [1.82, 2.24) is 10.2 Å². The first kappa shape index (κ1) is 11.0. The fourth-order valence-electron chi connectivity index (χ4n) is 1.69. The van der Waals surface area contributed by atoms with Gasteiger partial charge < -0.3 is 15.0 Å². The standard InChI is InChI=1S/C12H16N2O2/c1-10-3-2-4-11(9-10)16-12(15)14-7-5-13-6-8-14/h2-4,9,13H,5-8H2,1H3. The zero-order valence-corrected chi connectivity index (χ0v) is 9.40. The normalized spacial score (nSPS) is 15.9. The number of piperazine rings is 1. The molecule has 0 radical (unpaired) electrons. The van der Waals surface area contributed by atoms with E-state index >= 15 is 0 Å². The van der Waals surface area contributed by atoms with Crippen molar-refractivity contribution in [2.24, 2.45) is 0 Å². The number of benzene rings is 1. The topological polar surface area (TPSA) is 41.6 Å². The summed E-state index contributed by atoms with van der Waals surface area (Å²) in [6.07, 6.45) is -0.257. The van der Waals surface area contributed by atoms with Crippen molar-refractivity contribution in [3.63, 3.8) is 0 Å². The van der Waals surface area contributed by atoms with E-state index in [9.17, 15) is 4.79 Å². The fourth-order valence-corrected chi connectivity index (χ4v) is 1.69. The third kappa shape index (κ3) is 2.73. The lowest BCUT2D eigenvalue weighted by molar-refractivity contribution is 0.146. The Labute approximate surface area is 95.2 Å². The molecule has 1 aliphatic rings. The van der Waals surface area contributed by atoms with Crippen LogP contribution in [-0.4, -0.2) is 37.2 Å². The number of carbonyl (C=O) groups is 1. The van der Waals surface area contributed by atoms with Gasteiger partial charge in [-0.15, -0.1) is 0 Å². The summed E-state index contributed by atoms with van der Waals surface area (Å²) in [6, 6.07) is 7.52. The van der Waals surface area contributed by atoms with Gasteiger partial charge in [0.05, 0.1) is 0 Å². The van der Waals surface area contributed by atoms with Crippen LogP contribution in [0, 0.1) is 6.92 Å². The molecule has 0 aromatic heterocycles. The van der Waals surface area contributed by atoms with Crippen molar-refractivity contribution >= 4 is 6.09 Å². The highest BCUT2D eigenvalue weighted by Gasteiger charge is 2.17. The van der Waals surface area contributed by atoms with Gasteiger partial charge in [0, 0.05) is 26.2 Å². The maximum Gasteiger partial charge on any atom is 0.415 e. The molecular formula is C12H16N2O2. The minimum absolute atomic E-state index is 0.257. The Morgan fingerprint density at radius 2 is 2.12 bits per heavy atom.